The second kappa shape index (κ2) is 20.2. The minimum Gasteiger partial charge on any atom is 3.00 e. The predicted molar refractivity (Wildman–Crippen MR) is 49.5 cm³/mol. The van der Waals surface area contributed by atoms with Crippen LogP contribution in [0.2, 0.25) is 0 Å². The average Bonchev–Trinajstić information content (AvgIpc) is 2.58. The Balaban J connectivity index is 0. The molecular formula is H3InMo12O40P+3. The summed E-state index contributed by atoms with van der Waals surface area (Å²) in [7, 11) is -7.91. The Kier molecular flexibility index (Phi) is 22.5. The van der Waals surface area contributed by atoms with Gasteiger partial charge < -0.3 is 0 Å². The minimum atomic E-state index is -8.79. The molecule has 0 unspecified atom stereocenters. The average molecular weight is 1940 g/mol. The van der Waals surface area contributed by atoms with Gasteiger partial charge in [-0.05, 0) is 0 Å². The van der Waals surface area contributed by atoms with Gasteiger partial charge in [0.05, 0.1) is 0 Å². The Morgan fingerprint density at radius 1 is 0.259 bits per heavy atom. The zero-order valence-electron chi connectivity index (χ0n) is 22.4. The molecule has 0 heterocycles. The molecule has 0 amide bonds. The number of hydrogen-bond acceptors (Lipinski definition) is 37. The summed E-state index contributed by atoms with van der Waals surface area (Å²) in [6.45, 7) is 0. The fraction of sp³-hybridized carbons (Fsp3) is 0. The summed E-state index contributed by atoms with van der Waals surface area (Å²) < 4.78 is 347. The monoisotopic (exact) mass is 1960 g/mol. The van der Waals surface area contributed by atoms with Gasteiger partial charge in [-0.2, -0.15) is 0 Å². The van der Waals surface area contributed by atoms with Crippen molar-refractivity contribution in [3.8, 4) is 0 Å². The van der Waals surface area contributed by atoms with E-state index in [1.807, 2.05) is 0 Å². The Bertz CT molecular complexity index is 2510. The van der Waals surface area contributed by atoms with Crippen LogP contribution in [0.5, 0.6) is 0 Å². The summed E-state index contributed by atoms with van der Waals surface area (Å²) in [6, 6.07) is 0. The first-order valence-electron chi connectivity index (χ1n) is 8.78. The van der Waals surface area contributed by atoms with Crippen LogP contribution < -0.4 is 0 Å². The van der Waals surface area contributed by atoms with Gasteiger partial charge in [0.15, 0.2) is 0 Å². The van der Waals surface area contributed by atoms with E-state index in [1.165, 1.54) is 0 Å². The first-order chi connectivity index (χ1) is 22.5. The Morgan fingerprint density at radius 3 is 0.537 bits per heavy atom. The van der Waals surface area contributed by atoms with Crippen LogP contribution in [0.15, 0.2) is 0 Å². The molecule has 0 aliphatic carbocycles. The molecule has 0 aromatic carbocycles. The molecule has 0 atom stereocenters. The van der Waals surface area contributed by atoms with Crippen molar-refractivity contribution in [2.24, 2.45) is 0 Å². The van der Waals surface area contributed by atoms with Crippen LogP contribution in [-0.4, -0.2) is 37.1 Å². The second-order valence-electron chi connectivity index (χ2n) is 6.24. The maximum absolute atomic E-state index is 12.8. The molecule has 3 N–H and O–H groups in total. The Labute approximate surface area is 352 Å². The zero-order valence-corrected chi connectivity index (χ0v) is 50.6. The molecule has 0 fully saturated rings. The smallest absolute Gasteiger partial charge is 3.00 e. The summed E-state index contributed by atoms with van der Waals surface area (Å²) in [6.07, 6.45) is 0. The molecule has 0 radical (unpaired) electrons. The van der Waals surface area contributed by atoms with Crippen molar-refractivity contribution >= 4 is 33.7 Å². The van der Waals surface area contributed by atoms with Crippen molar-refractivity contribution < 1.29 is 326 Å². The van der Waals surface area contributed by atoms with Crippen molar-refractivity contribution in [3.63, 3.8) is 0 Å². The van der Waals surface area contributed by atoms with Crippen LogP contribution >= 0.6 is 7.82 Å². The molecule has 0 spiro atoms. The van der Waals surface area contributed by atoms with Gasteiger partial charge in [-0.25, -0.2) is 0 Å². The molecule has 0 aromatic rings. The second-order valence-corrected chi connectivity index (χ2v) is 56.1. The largest absolute Gasteiger partial charge is 3.00 e. The zero-order chi connectivity index (χ0) is 43.0. The first-order valence-corrected chi connectivity index (χ1v) is 49.8. The van der Waals surface area contributed by atoms with Crippen LogP contribution in [0.3, 0.4) is 0 Å². The topological polar surface area (TPSA) is 598 Å². The van der Waals surface area contributed by atoms with Crippen LogP contribution in [-0.2, 0) is 315 Å². The van der Waals surface area contributed by atoms with Gasteiger partial charge in [-0.3, -0.25) is 0 Å². The normalized spacial score (nSPS) is 15.3. The molecular weight excluding hydrogens is 1940 g/mol. The van der Waals surface area contributed by atoms with Gasteiger partial charge in [0, 0.05) is 0 Å². The number of hydrogen-bond donors (Lipinski definition) is 3. The summed E-state index contributed by atoms with van der Waals surface area (Å²) >= 11 is -97.4. The van der Waals surface area contributed by atoms with Gasteiger partial charge in [0.2, 0.25) is 0 Å². The summed E-state index contributed by atoms with van der Waals surface area (Å²) in [5.41, 5.74) is 0. The maximum atomic E-state index is 12.8. The molecule has 54 heteroatoms. The molecule has 0 bridgehead atoms. The van der Waals surface area contributed by atoms with E-state index >= 15 is 0 Å². The standard InChI is InChI=1S/In.12Mo.H3O4P.3H2O.33O/c;;;;;;;;;;;;;1-5(2,3)4;;;;;;;;;;;;;;;;;;;;;;;;;;;;;;;;;;;;/h;;;;;;;;;;;;;(H3,1,2,3,4);3*1H2;;;;;;;;;;;;;;;;;;;;;;;;;;;;;;;;;/q+3;;;;;;;6*+1;;;;;;;;;;;;;;;;;;;;;;;;;;;;;;;;;;;;;/p-6. The molecule has 0 rings (SSSR count). The van der Waals surface area contributed by atoms with E-state index in [2.05, 4.69) is 27.9 Å². The molecule has 0 aliphatic heterocycles. The number of rotatable bonds is 24. The van der Waals surface area contributed by atoms with Gasteiger partial charge >= 0.3 is 360 Å². The van der Waals surface area contributed by atoms with Crippen LogP contribution in [0.4, 0.5) is 0 Å². The SMILES string of the molecule is O=P([O][Mo](=[O])(=[O])[O][Mo](=[O])(=[O])[O][Mo](=[O])(=[O])[O][Mo](=[O])(=[O])[OH])([O][Mo](=[O])(=[O])[O][Mo](=[O])(=[O])[O][Mo](=[O])(=[O])[O][Mo](=[O])(=[O])[OH])[O][Mo](=[O])(=[O])[O][Mo](=[O])(=[O])[O][Mo](=[O])(=[O])[O][Mo](=[O])(=[O])[OH].[In+3]. The van der Waals surface area contributed by atoms with E-state index < -0.39 is 209 Å². The molecule has 54 heavy (non-hydrogen) atoms. The van der Waals surface area contributed by atoms with Gasteiger partial charge in [-0.1, -0.05) is 0 Å². The molecule has 0 saturated carbocycles. The van der Waals surface area contributed by atoms with E-state index in [1.54, 1.807) is 0 Å². The van der Waals surface area contributed by atoms with E-state index in [0.717, 1.165) is 0 Å². The third kappa shape index (κ3) is 29.3. The van der Waals surface area contributed by atoms with E-state index in [-0.39, 0.29) is 25.8 Å². The van der Waals surface area contributed by atoms with Crippen molar-refractivity contribution in [2.75, 3.05) is 0 Å². The predicted octanol–water partition coefficient (Wildman–Crippen LogP) is -5.01. The van der Waals surface area contributed by atoms with Crippen LogP contribution in [0, 0.1) is 0 Å². The minimum absolute atomic E-state index is 0. The number of phosphoric acid groups is 1. The van der Waals surface area contributed by atoms with Crippen molar-refractivity contribution in [1.29, 1.82) is 0 Å². The summed E-state index contributed by atoms with van der Waals surface area (Å²) in [5, 5.41) is 0. The van der Waals surface area contributed by atoms with Gasteiger partial charge in [0.25, 0.3) is 0 Å². The fourth-order valence-corrected chi connectivity index (χ4v) is 60.4. The van der Waals surface area contributed by atoms with Crippen molar-refractivity contribution in [1.82, 2.24) is 0 Å². The molecule has 320 valence electrons. The van der Waals surface area contributed by atoms with E-state index in [4.69, 9.17) is 11.3 Å². The molecule has 0 aliphatic rings. The quantitative estimate of drug-likeness (QED) is 0.0602. The van der Waals surface area contributed by atoms with Crippen molar-refractivity contribution in [2.45, 2.75) is 0 Å². The molecule has 0 aromatic heterocycles. The molecule has 40 nitrogen and oxygen atoms in total. The fourth-order valence-electron chi connectivity index (χ4n) is 1.41. The van der Waals surface area contributed by atoms with E-state index in [0.29, 0.717) is 0 Å². The van der Waals surface area contributed by atoms with Crippen LogP contribution in [0.25, 0.3) is 0 Å². The van der Waals surface area contributed by atoms with E-state index in [9.17, 15) is 86.1 Å². The first kappa shape index (κ1) is 60.0. The summed E-state index contributed by atoms with van der Waals surface area (Å²) in [5.74, 6) is 0. The Hall–Kier alpha value is 3.96. The third-order valence-electron chi connectivity index (χ3n) is 2.06. The Morgan fingerprint density at radius 2 is 0.389 bits per heavy atom. The molecule has 0 saturated heterocycles. The van der Waals surface area contributed by atoms with Crippen molar-refractivity contribution in [3.05, 3.63) is 0 Å². The third-order valence-corrected chi connectivity index (χ3v) is 62.5. The van der Waals surface area contributed by atoms with Gasteiger partial charge in [-0.15, -0.1) is 0 Å². The maximum Gasteiger partial charge on any atom is 3.00 e. The summed E-state index contributed by atoms with van der Waals surface area (Å²) in [4.78, 5) is 0. The van der Waals surface area contributed by atoms with Crippen LogP contribution in [0.1, 0.15) is 0 Å². The van der Waals surface area contributed by atoms with Gasteiger partial charge in [0.1, 0.15) is 0 Å².